The monoisotopic (exact) mass is 539 g/mol. The summed E-state index contributed by atoms with van der Waals surface area (Å²) in [6, 6.07) is 14.9. The van der Waals surface area contributed by atoms with Gasteiger partial charge in [0.25, 0.3) is 5.91 Å². The Morgan fingerprint density at radius 1 is 1.20 bits per heavy atom. The van der Waals surface area contributed by atoms with Gasteiger partial charge in [-0.1, -0.05) is 40.1 Å². The number of hydrogen-bond donors (Lipinski definition) is 2. The van der Waals surface area contributed by atoms with Gasteiger partial charge in [-0.15, -0.1) is 0 Å². The zero-order valence-corrected chi connectivity index (χ0v) is 21.5. The maximum Gasteiger partial charge on any atom is 0.253 e. The Morgan fingerprint density at radius 3 is 2.74 bits per heavy atom. The summed E-state index contributed by atoms with van der Waals surface area (Å²) in [4.78, 5) is 32.5. The van der Waals surface area contributed by atoms with Crippen molar-refractivity contribution in [3.63, 3.8) is 0 Å². The van der Waals surface area contributed by atoms with Crippen molar-refractivity contribution in [2.45, 2.75) is 45.7 Å². The van der Waals surface area contributed by atoms with Crippen molar-refractivity contribution in [1.29, 1.82) is 0 Å². The summed E-state index contributed by atoms with van der Waals surface area (Å²) in [6.45, 7) is 5.91. The molecule has 1 fully saturated rings. The number of hydrogen-bond acceptors (Lipinski definition) is 6. The van der Waals surface area contributed by atoms with Gasteiger partial charge in [0.05, 0.1) is 23.7 Å². The van der Waals surface area contributed by atoms with Gasteiger partial charge in [-0.05, 0) is 69.1 Å². The van der Waals surface area contributed by atoms with Gasteiger partial charge in [0, 0.05) is 22.6 Å². The number of rotatable bonds is 8. The molecule has 2 atom stereocenters. The van der Waals surface area contributed by atoms with Crippen LogP contribution in [0.4, 0.5) is 5.69 Å². The highest BCUT2D eigenvalue weighted by molar-refractivity contribution is 9.10. The van der Waals surface area contributed by atoms with Gasteiger partial charge in [0.1, 0.15) is 0 Å². The van der Waals surface area contributed by atoms with Crippen LogP contribution in [-0.2, 0) is 11.3 Å². The smallest absolute Gasteiger partial charge is 0.253 e. The second kappa shape index (κ2) is 11.6. The molecule has 0 radical (unpaired) electrons. The SMILES string of the molecule is CCC(C)NC(=O)c1ccccc1NC(=O)C1CCCN(Cc2nc(-c3ccc(Br)cc3)no2)C1. The Balaban J connectivity index is 1.37. The molecule has 0 bridgehead atoms. The average Bonchev–Trinajstić information content (AvgIpc) is 3.33. The van der Waals surface area contributed by atoms with Crippen LogP contribution in [0.5, 0.6) is 0 Å². The highest BCUT2D eigenvalue weighted by Crippen LogP contribution is 2.23. The highest BCUT2D eigenvalue weighted by atomic mass is 79.9. The number of anilines is 1. The van der Waals surface area contributed by atoms with Gasteiger partial charge >= 0.3 is 0 Å². The van der Waals surface area contributed by atoms with E-state index in [4.69, 9.17) is 4.52 Å². The molecule has 9 heteroatoms. The standard InChI is InChI=1S/C26H30BrN5O3/c1-3-17(2)28-26(34)21-8-4-5-9-22(21)29-25(33)19-7-6-14-32(15-19)16-23-30-24(31-35-23)18-10-12-20(27)13-11-18/h4-5,8-13,17,19H,3,6-7,14-16H2,1-2H3,(H,28,34)(H,29,33). The van der Waals surface area contributed by atoms with Crippen LogP contribution in [0.1, 0.15) is 49.4 Å². The fraction of sp³-hybridized carbons (Fsp3) is 0.385. The van der Waals surface area contributed by atoms with Gasteiger partial charge in [-0.2, -0.15) is 4.98 Å². The molecule has 0 saturated carbocycles. The van der Waals surface area contributed by atoms with E-state index in [9.17, 15) is 9.59 Å². The van der Waals surface area contributed by atoms with Gasteiger partial charge in [-0.3, -0.25) is 14.5 Å². The summed E-state index contributed by atoms with van der Waals surface area (Å²) in [7, 11) is 0. The minimum absolute atomic E-state index is 0.0622. The number of halogens is 1. The molecule has 0 spiro atoms. The van der Waals surface area contributed by atoms with E-state index in [0.717, 1.165) is 35.8 Å². The molecule has 2 heterocycles. The van der Waals surface area contributed by atoms with Crippen molar-refractivity contribution in [3.05, 3.63) is 64.5 Å². The summed E-state index contributed by atoms with van der Waals surface area (Å²) in [5.74, 6) is 0.614. The molecule has 2 amide bonds. The van der Waals surface area contributed by atoms with E-state index >= 15 is 0 Å². The first-order valence-corrected chi connectivity index (χ1v) is 12.7. The van der Waals surface area contributed by atoms with E-state index in [0.29, 0.717) is 36.1 Å². The third-order valence-electron chi connectivity index (χ3n) is 6.23. The van der Waals surface area contributed by atoms with Crippen LogP contribution in [0.3, 0.4) is 0 Å². The third kappa shape index (κ3) is 6.55. The first-order valence-electron chi connectivity index (χ1n) is 11.9. The van der Waals surface area contributed by atoms with Gasteiger partial charge in [0.2, 0.25) is 17.6 Å². The number of likely N-dealkylation sites (tertiary alicyclic amines) is 1. The molecule has 2 aromatic carbocycles. The first kappa shape index (κ1) is 25.1. The molecule has 8 nitrogen and oxygen atoms in total. The van der Waals surface area contributed by atoms with Crippen LogP contribution >= 0.6 is 15.9 Å². The molecular weight excluding hydrogens is 510 g/mol. The lowest BCUT2D eigenvalue weighted by Crippen LogP contribution is -2.40. The Bertz CT molecular complexity index is 1160. The zero-order valence-electron chi connectivity index (χ0n) is 20.0. The minimum Gasteiger partial charge on any atom is -0.350 e. The van der Waals surface area contributed by atoms with Crippen LogP contribution < -0.4 is 10.6 Å². The summed E-state index contributed by atoms with van der Waals surface area (Å²) in [6.07, 6.45) is 2.52. The Hall–Kier alpha value is -3.04. The summed E-state index contributed by atoms with van der Waals surface area (Å²) in [5.41, 5.74) is 1.89. The molecule has 184 valence electrons. The summed E-state index contributed by atoms with van der Waals surface area (Å²) >= 11 is 3.43. The van der Waals surface area contributed by atoms with Crippen molar-refractivity contribution >= 4 is 33.4 Å². The molecule has 1 saturated heterocycles. The number of carbonyl (C=O) groups excluding carboxylic acids is 2. The molecule has 2 N–H and O–H groups in total. The second-order valence-electron chi connectivity index (χ2n) is 8.91. The molecule has 3 aromatic rings. The molecule has 1 aliphatic rings. The number of aromatic nitrogens is 2. The van der Waals surface area contributed by atoms with Crippen LogP contribution in [-0.4, -0.2) is 46.0 Å². The molecule has 0 aliphatic carbocycles. The van der Waals surface area contributed by atoms with Crippen LogP contribution in [0.25, 0.3) is 11.4 Å². The van der Waals surface area contributed by atoms with Crippen molar-refractivity contribution < 1.29 is 14.1 Å². The molecule has 1 aliphatic heterocycles. The van der Waals surface area contributed by atoms with Gasteiger partial charge < -0.3 is 15.2 Å². The van der Waals surface area contributed by atoms with Crippen LogP contribution in [0, 0.1) is 5.92 Å². The van der Waals surface area contributed by atoms with E-state index in [2.05, 4.69) is 41.6 Å². The fourth-order valence-corrected chi connectivity index (χ4v) is 4.33. The summed E-state index contributed by atoms with van der Waals surface area (Å²) < 4.78 is 6.45. The molecule has 2 unspecified atom stereocenters. The van der Waals surface area contributed by atoms with E-state index in [1.807, 2.05) is 44.2 Å². The van der Waals surface area contributed by atoms with Crippen molar-refractivity contribution in [2.24, 2.45) is 5.92 Å². The quantitative estimate of drug-likeness (QED) is 0.423. The fourth-order valence-electron chi connectivity index (χ4n) is 4.07. The largest absolute Gasteiger partial charge is 0.350 e. The van der Waals surface area contributed by atoms with E-state index in [-0.39, 0.29) is 23.8 Å². The maximum atomic E-state index is 13.1. The predicted octanol–water partition coefficient (Wildman–Crippen LogP) is 4.88. The van der Waals surface area contributed by atoms with E-state index < -0.39 is 0 Å². The number of amides is 2. The van der Waals surface area contributed by atoms with E-state index in [1.165, 1.54) is 0 Å². The highest BCUT2D eigenvalue weighted by Gasteiger charge is 2.28. The predicted molar refractivity (Wildman–Crippen MR) is 138 cm³/mol. The minimum atomic E-state index is -0.191. The molecular formula is C26H30BrN5O3. The second-order valence-corrected chi connectivity index (χ2v) is 9.83. The van der Waals surface area contributed by atoms with Crippen LogP contribution in [0.2, 0.25) is 0 Å². The molecule has 1 aromatic heterocycles. The summed E-state index contributed by atoms with van der Waals surface area (Å²) in [5, 5.41) is 10.1. The Labute approximate surface area is 213 Å². The normalized spacial score (nSPS) is 17.1. The van der Waals surface area contributed by atoms with Gasteiger partial charge in [0.15, 0.2) is 0 Å². The maximum absolute atomic E-state index is 13.1. The van der Waals surface area contributed by atoms with Gasteiger partial charge in [-0.25, -0.2) is 0 Å². The number of nitrogens with zero attached hydrogens (tertiary/aromatic N) is 3. The lowest BCUT2D eigenvalue weighted by Gasteiger charge is -2.31. The number of nitrogens with one attached hydrogen (secondary N) is 2. The molecule has 35 heavy (non-hydrogen) atoms. The Kier molecular flexibility index (Phi) is 8.30. The van der Waals surface area contributed by atoms with Crippen molar-refractivity contribution in [2.75, 3.05) is 18.4 Å². The Morgan fingerprint density at radius 2 is 1.97 bits per heavy atom. The lowest BCUT2D eigenvalue weighted by atomic mass is 9.96. The molecule has 4 rings (SSSR count). The van der Waals surface area contributed by atoms with Crippen LogP contribution in [0.15, 0.2) is 57.5 Å². The van der Waals surface area contributed by atoms with Crippen molar-refractivity contribution in [3.8, 4) is 11.4 Å². The first-order chi connectivity index (χ1) is 16.9. The number of piperidine rings is 1. The van der Waals surface area contributed by atoms with Crippen molar-refractivity contribution in [1.82, 2.24) is 20.4 Å². The number of benzene rings is 2. The zero-order chi connectivity index (χ0) is 24.8. The number of para-hydroxylation sites is 1. The number of carbonyl (C=O) groups is 2. The average molecular weight is 540 g/mol. The third-order valence-corrected chi connectivity index (χ3v) is 6.75. The lowest BCUT2D eigenvalue weighted by molar-refractivity contribution is -0.121. The topological polar surface area (TPSA) is 100 Å². The van der Waals surface area contributed by atoms with E-state index in [1.54, 1.807) is 18.2 Å².